The van der Waals surface area contributed by atoms with E-state index < -0.39 is 0 Å². The molecule has 1 fully saturated rings. The molecule has 18 heavy (non-hydrogen) atoms. The summed E-state index contributed by atoms with van der Waals surface area (Å²) in [7, 11) is 0. The van der Waals surface area contributed by atoms with Gasteiger partial charge < -0.3 is 14.8 Å². The molecule has 0 saturated carbocycles. The maximum atomic E-state index is 5.72. The van der Waals surface area contributed by atoms with Crippen molar-refractivity contribution in [3.8, 4) is 0 Å². The zero-order valence-electron chi connectivity index (χ0n) is 10.9. The highest BCUT2D eigenvalue weighted by atomic mass is 16.5. The first-order valence-corrected chi connectivity index (χ1v) is 6.89. The van der Waals surface area contributed by atoms with Crippen LogP contribution in [-0.4, -0.2) is 38.0 Å². The first-order valence-electron chi connectivity index (χ1n) is 6.89. The summed E-state index contributed by atoms with van der Waals surface area (Å²) in [5.74, 6) is 0. The van der Waals surface area contributed by atoms with E-state index in [-0.39, 0.29) is 6.10 Å². The van der Waals surface area contributed by atoms with Gasteiger partial charge in [0.15, 0.2) is 0 Å². The van der Waals surface area contributed by atoms with Gasteiger partial charge in [0.25, 0.3) is 0 Å². The smallest absolute Gasteiger partial charge is 0.0983 e. The minimum Gasteiger partial charge on any atom is -0.377 e. The lowest BCUT2D eigenvalue weighted by Gasteiger charge is -2.22. The average molecular weight is 247 g/mol. The Bertz CT molecular complexity index is 382. The van der Waals surface area contributed by atoms with Crippen LogP contribution in [0.1, 0.15) is 18.1 Å². The summed E-state index contributed by atoms with van der Waals surface area (Å²) in [5.41, 5.74) is 2.98. The van der Waals surface area contributed by atoms with E-state index in [4.69, 9.17) is 9.47 Å². The Morgan fingerprint density at radius 2 is 1.94 bits per heavy atom. The standard InChI is InChI=1S/C15H21NO2/c1-2-18-15-10-17-9-14(15)16-13-7-11-5-3-4-6-12(11)8-13/h3-6,13-16H,2,7-10H2,1H3/t14-,15-/m0/s1. The van der Waals surface area contributed by atoms with Crippen molar-refractivity contribution in [1.29, 1.82) is 0 Å². The van der Waals surface area contributed by atoms with Crippen molar-refractivity contribution in [3.63, 3.8) is 0 Å². The van der Waals surface area contributed by atoms with Gasteiger partial charge in [-0.3, -0.25) is 0 Å². The molecule has 1 aliphatic heterocycles. The molecule has 0 amide bonds. The molecule has 2 atom stereocenters. The van der Waals surface area contributed by atoms with Gasteiger partial charge in [-0.1, -0.05) is 24.3 Å². The molecule has 3 rings (SSSR count). The quantitative estimate of drug-likeness (QED) is 0.875. The zero-order valence-corrected chi connectivity index (χ0v) is 10.9. The van der Waals surface area contributed by atoms with Crippen molar-refractivity contribution >= 4 is 0 Å². The molecule has 98 valence electrons. The lowest BCUT2D eigenvalue weighted by atomic mass is 10.1. The summed E-state index contributed by atoms with van der Waals surface area (Å²) in [6, 6.07) is 9.62. The predicted octanol–water partition coefficient (Wildman–Crippen LogP) is 1.55. The molecule has 1 aromatic carbocycles. The second-order valence-corrected chi connectivity index (χ2v) is 5.18. The van der Waals surface area contributed by atoms with Crippen LogP contribution in [-0.2, 0) is 22.3 Å². The first kappa shape index (κ1) is 12.2. The highest BCUT2D eigenvalue weighted by Gasteiger charge is 2.32. The predicted molar refractivity (Wildman–Crippen MR) is 70.8 cm³/mol. The van der Waals surface area contributed by atoms with Crippen molar-refractivity contribution in [2.45, 2.75) is 38.0 Å². The second kappa shape index (κ2) is 5.39. The molecule has 1 aliphatic carbocycles. The molecule has 0 spiro atoms. The summed E-state index contributed by atoms with van der Waals surface area (Å²) in [5, 5.41) is 3.71. The van der Waals surface area contributed by atoms with Crippen molar-refractivity contribution in [2.75, 3.05) is 19.8 Å². The third kappa shape index (κ3) is 2.44. The van der Waals surface area contributed by atoms with Crippen LogP contribution in [0.5, 0.6) is 0 Å². The highest BCUT2D eigenvalue weighted by molar-refractivity contribution is 5.33. The monoisotopic (exact) mass is 247 g/mol. The van der Waals surface area contributed by atoms with Crippen LogP contribution in [0.15, 0.2) is 24.3 Å². The zero-order chi connectivity index (χ0) is 12.4. The van der Waals surface area contributed by atoms with Crippen LogP contribution in [0, 0.1) is 0 Å². The molecule has 1 heterocycles. The Morgan fingerprint density at radius 3 is 2.61 bits per heavy atom. The maximum Gasteiger partial charge on any atom is 0.0983 e. The molecule has 3 nitrogen and oxygen atoms in total. The summed E-state index contributed by atoms with van der Waals surface area (Å²) in [6.45, 7) is 4.31. The number of benzene rings is 1. The Balaban J connectivity index is 1.59. The number of rotatable bonds is 4. The maximum absolute atomic E-state index is 5.72. The molecular formula is C15H21NO2. The topological polar surface area (TPSA) is 30.5 Å². The van der Waals surface area contributed by atoms with Gasteiger partial charge in [-0.05, 0) is 30.9 Å². The average Bonchev–Trinajstić information content (AvgIpc) is 2.97. The second-order valence-electron chi connectivity index (χ2n) is 5.18. The number of hydrogen-bond acceptors (Lipinski definition) is 3. The van der Waals surface area contributed by atoms with Crippen LogP contribution in [0.4, 0.5) is 0 Å². The van der Waals surface area contributed by atoms with Gasteiger partial charge in [0.05, 0.1) is 25.4 Å². The fraction of sp³-hybridized carbons (Fsp3) is 0.600. The van der Waals surface area contributed by atoms with E-state index in [2.05, 4.69) is 29.6 Å². The van der Waals surface area contributed by atoms with Gasteiger partial charge in [-0.25, -0.2) is 0 Å². The molecule has 0 aromatic heterocycles. The highest BCUT2D eigenvalue weighted by Crippen LogP contribution is 2.23. The summed E-state index contributed by atoms with van der Waals surface area (Å²) in [6.07, 6.45) is 2.48. The van der Waals surface area contributed by atoms with Crippen molar-refractivity contribution in [3.05, 3.63) is 35.4 Å². The molecule has 3 heteroatoms. The molecule has 0 radical (unpaired) electrons. The van der Waals surface area contributed by atoms with E-state index in [0.29, 0.717) is 12.1 Å². The molecular weight excluding hydrogens is 226 g/mol. The van der Waals surface area contributed by atoms with Gasteiger partial charge in [-0.2, -0.15) is 0 Å². The van der Waals surface area contributed by atoms with Crippen molar-refractivity contribution in [1.82, 2.24) is 5.32 Å². The molecule has 0 unspecified atom stereocenters. The Kier molecular flexibility index (Phi) is 3.64. The molecule has 1 N–H and O–H groups in total. The third-order valence-electron chi connectivity index (χ3n) is 3.91. The number of fused-ring (bicyclic) bond motifs is 1. The van der Waals surface area contributed by atoms with Gasteiger partial charge in [0.2, 0.25) is 0 Å². The molecule has 1 saturated heterocycles. The summed E-state index contributed by atoms with van der Waals surface area (Å²) in [4.78, 5) is 0. The third-order valence-corrected chi connectivity index (χ3v) is 3.91. The normalized spacial score (nSPS) is 27.6. The van der Waals surface area contributed by atoms with Crippen LogP contribution < -0.4 is 5.32 Å². The molecule has 2 aliphatic rings. The first-order chi connectivity index (χ1) is 8.86. The fourth-order valence-corrected chi connectivity index (χ4v) is 3.05. The summed E-state index contributed by atoms with van der Waals surface area (Å²) >= 11 is 0. The van der Waals surface area contributed by atoms with Crippen molar-refractivity contribution < 1.29 is 9.47 Å². The Hall–Kier alpha value is -0.900. The number of nitrogens with one attached hydrogen (secondary N) is 1. The fourth-order valence-electron chi connectivity index (χ4n) is 3.05. The van der Waals surface area contributed by atoms with E-state index in [1.165, 1.54) is 11.1 Å². The number of ether oxygens (including phenoxy) is 2. The summed E-state index contributed by atoms with van der Waals surface area (Å²) < 4.78 is 11.2. The molecule has 0 bridgehead atoms. The lowest BCUT2D eigenvalue weighted by molar-refractivity contribution is 0.0399. The number of hydrogen-bond donors (Lipinski definition) is 1. The van der Waals surface area contributed by atoms with E-state index in [0.717, 1.165) is 32.7 Å². The van der Waals surface area contributed by atoms with E-state index >= 15 is 0 Å². The molecule has 1 aromatic rings. The van der Waals surface area contributed by atoms with Crippen LogP contribution in [0.3, 0.4) is 0 Å². The van der Waals surface area contributed by atoms with Crippen LogP contribution >= 0.6 is 0 Å². The minimum absolute atomic E-state index is 0.221. The van der Waals surface area contributed by atoms with Gasteiger partial charge in [0, 0.05) is 12.6 Å². The SMILES string of the molecule is CCO[C@H]1COC[C@@H]1NC1Cc2ccccc2C1. The van der Waals surface area contributed by atoms with Gasteiger partial charge in [0.1, 0.15) is 0 Å². The lowest BCUT2D eigenvalue weighted by Crippen LogP contribution is -2.46. The van der Waals surface area contributed by atoms with Crippen LogP contribution in [0.25, 0.3) is 0 Å². The van der Waals surface area contributed by atoms with Crippen molar-refractivity contribution in [2.24, 2.45) is 0 Å². The van der Waals surface area contributed by atoms with E-state index in [1.54, 1.807) is 0 Å². The van der Waals surface area contributed by atoms with Gasteiger partial charge in [-0.15, -0.1) is 0 Å². The minimum atomic E-state index is 0.221. The largest absolute Gasteiger partial charge is 0.377 e. The Morgan fingerprint density at radius 1 is 1.22 bits per heavy atom. The Labute approximate surface area is 108 Å². The van der Waals surface area contributed by atoms with E-state index in [1.807, 2.05) is 6.92 Å². The van der Waals surface area contributed by atoms with Gasteiger partial charge >= 0.3 is 0 Å². The van der Waals surface area contributed by atoms with E-state index in [9.17, 15) is 0 Å². The van der Waals surface area contributed by atoms with Crippen LogP contribution in [0.2, 0.25) is 0 Å².